The van der Waals surface area contributed by atoms with Gasteiger partial charge in [-0.2, -0.15) is 0 Å². The summed E-state index contributed by atoms with van der Waals surface area (Å²) in [4.78, 5) is 19.9. The van der Waals surface area contributed by atoms with Crippen LogP contribution >= 0.6 is 22.9 Å². The number of carbonyl (C=O) groups excluding carboxylic acids is 1. The topological polar surface area (TPSA) is 79.4 Å². The highest BCUT2D eigenvalue weighted by atomic mass is 35.5. The van der Waals surface area contributed by atoms with Crippen molar-refractivity contribution in [3.8, 4) is 10.6 Å². The number of hydrogen-bond donors (Lipinski definition) is 1. The molecule has 1 N–H and O–H groups in total. The minimum atomic E-state index is -3.74. The molecule has 10 heteroatoms. The number of thiazole rings is 1. The van der Waals surface area contributed by atoms with Gasteiger partial charge in [-0.25, -0.2) is 22.5 Å². The summed E-state index contributed by atoms with van der Waals surface area (Å²) in [5.41, 5.74) is 1.57. The van der Waals surface area contributed by atoms with E-state index in [-0.39, 0.29) is 16.8 Å². The fourth-order valence-corrected chi connectivity index (χ4v) is 6.03. The zero-order chi connectivity index (χ0) is 22.9. The van der Waals surface area contributed by atoms with Crippen LogP contribution in [-0.4, -0.2) is 43.3 Å². The van der Waals surface area contributed by atoms with Crippen LogP contribution in [-0.2, 0) is 10.0 Å². The quantitative estimate of drug-likeness (QED) is 0.567. The molecule has 0 unspecified atom stereocenters. The molecule has 4 rings (SSSR count). The number of rotatable bonds is 5. The Kier molecular flexibility index (Phi) is 6.62. The van der Waals surface area contributed by atoms with E-state index in [4.69, 9.17) is 11.6 Å². The highest BCUT2D eigenvalue weighted by Gasteiger charge is 2.29. The number of carbonyl (C=O) groups is 1. The molecule has 0 saturated carbocycles. The van der Waals surface area contributed by atoms with E-state index in [9.17, 15) is 17.6 Å². The monoisotopic (exact) mass is 493 g/mol. The molecule has 0 atom stereocenters. The summed E-state index contributed by atoms with van der Waals surface area (Å²) >= 11 is 7.29. The molecule has 1 fully saturated rings. The fourth-order valence-electron chi connectivity index (χ4n) is 3.56. The molecular weight excluding hydrogens is 473 g/mol. The standard InChI is InChI=1S/C22H21ClFN3O3S2/c1-14-20(31-21(25-14)15-2-4-16(23)5-3-15)22(28)27-12-10-18(11-13-27)26-32(29,30)19-8-6-17(24)7-9-19/h2-9,18,26H,10-13H2,1H3. The SMILES string of the molecule is Cc1nc(-c2ccc(Cl)cc2)sc1C(=O)N1CCC(NS(=O)(=O)c2ccc(F)cc2)CC1. The number of halogens is 2. The van der Waals surface area contributed by atoms with Crippen LogP contribution in [0.15, 0.2) is 53.4 Å². The van der Waals surface area contributed by atoms with Gasteiger partial charge < -0.3 is 4.90 Å². The number of benzene rings is 2. The molecule has 1 saturated heterocycles. The Bertz CT molecular complexity index is 1220. The molecule has 1 amide bonds. The Hall–Kier alpha value is -2.33. The van der Waals surface area contributed by atoms with E-state index in [0.717, 1.165) is 22.7 Å². The van der Waals surface area contributed by atoms with Crippen LogP contribution in [0.25, 0.3) is 10.6 Å². The summed E-state index contributed by atoms with van der Waals surface area (Å²) in [6, 6.07) is 11.7. The average molecular weight is 494 g/mol. The first-order valence-corrected chi connectivity index (χ1v) is 12.7. The van der Waals surface area contributed by atoms with Crippen LogP contribution in [0.4, 0.5) is 4.39 Å². The summed E-state index contributed by atoms with van der Waals surface area (Å²) in [6.45, 7) is 2.68. The number of hydrogen-bond acceptors (Lipinski definition) is 5. The average Bonchev–Trinajstić information content (AvgIpc) is 3.16. The lowest BCUT2D eigenvalue weighted by molar-refractivity contribution is 0.0715. The van der Waals surface area contributed by atoms with Crippen LogP contribution in [0, 0.1) is 12.7 Å². The third-order valence-corrected chi connectivity index (χ3v) is 8.29. The van der Waals surface area contributed by atoms with Gasteiger partial charge in [-0.1, -0.05) is 23.7 Å². The number of likely N-dealkylation sites (tertiary alicyclic amines) is 1. The maximum atomic E-state index is 13.1. The van der Waals surface area contributed by atoms with Gasteiger partial charge in [0.25, 0.3) is 5.91 Å². The smallest absolute Gasteiger partial charge is 0.265 e. The van der Waals surface area contributed by atoms with Crippen molar-refractivity contribution in [2.24, 2.45) is 0 Å². The second kappa shape index (κ2) is 9.27. The van der Waals surface area contributed by atoms with Crippen LogP contribution in [0.5, 0.6) is 0 Å². The predicted molar refractivity (Wildman–Crippen MR) is 123 cm³/mol. The van der Waals surface area contributed by atoms with Gasteiger partial charge in [0.05, 0.1) is 10.6 Å². The van der Waals surface area contributed by atoms with Crippen molar-refractivity contribution in [2.75, 3.05) is 13.1 Å². The molecule has 1 aromatic heterocycles. The molecular formula is C22H21ClFN3O3S2. The first-order chi connectivity index (χ1) is 15.2. The molecule has 0 spiro atoms. The van der Waals surface area contributed by atoms with Gasteiger partial charge >= 0.3 is 0 Å². The van der Waals surface area contributed by atoms with Gasteiger partial charge in [-0.05, 0) is 56.2 Å². The minimum absolute atomic E-state index is 0.0208. The van der Waals surface area contributed by atoms with Crippen molar-refractivity contribution >= 4 is 38.9 Å². The molecule has 3 aromatic rings. The second-order valence-corrected chi connectivity index (χ2v) is 10.7. The lowest BCUT2D eigenvalue weighted by Crippen LogP contribution is -2.46. The van der Waals surface area contributed by atoms with E-state index in [1.807, 2.05) is 19.1 Å². The number of nitrogens with zero attached hydrogens (tertiary/aromatic N) is 2. The number of nitrogens with one attached hydrogen (secondary N) is 1. The number of aromatic nitrogens is 1. The minimum Gasteiger partial charge on any atom is -0.338 e. The highest BCUT2D eigenvalue weighted by Crippen LogP contribution is 2.30. The molecule has 2 aromatic carbocycles. The van der Waals surface area contributed by atoms with Crippen molar-refractivity contribution < 1.29 is 17.6 Å². The first kappa shape index (κ1) is 22.8. The highest BCUT2D eigenvalue weighted by molar-refractivity contribution is 7.89. The molecule has 168 valence electrons. The summed E-state index contributed by atoms with van der Waals surface area (Å²) < 4.78 is 40.8. The Morgan fingerprint density at radius 1 is 1.12 bits per heavy atom. The molecule has 1 aliphatic rings. The molecule has 32 heavy (non-hydrogen) atoms. The number of aryl methyl sites for hydroxylation is 1. The van der Waals surface area contributed by atoms with Crippen molar-refractivity contribution in [3.05, 3.63) is 69.9 Å². The van der Waals surface area contributed by atoms with E-state index in [1.54, 1.807) is 17.0 Å². The fraction of sp³-hybridized carbons (Fsp3) is 0.273. The lowest BCUT2D eigenvalue weighted by Gasteiger charge is -2.32. The predicted octanol–water partition coefficient (Wildman–Crippen LogP) is 4.49. The van der Waals surface area contributed by atoms with Gasteiger partial charge in [0.2, 0.25) is 10.0 Å². The van der Waals surface area contributed by atoms with Crippen molar-refractivity contribution in [1.82, 2.24) is 14.6 Å². The van der Waals surface area contributed by atoms with Crippen LogP contribution in [0.1, 0.15) is 28.2 Å². The summed E-state index contributed by atoms with van der Waals surface area (Å²) in [6.07, 6.45) is 0.988. The molecule has 6 nitrogen and oxygen atoms in total. The largest absolute Gasteiger partial charge is 0.338 e. The Morgan fingerprint density at radius 3 is 2.38 bits per heavy atom. The van der Waals surface area contributed by atoms with Gasteiger partial charge in [0.1, 0.15) is 15.7 Å². The Balaban J connectivity index is 1.39. The van der Waals surface area contributed by atoms with Crippen molar-refractivity contribution in [3.63, 3.8) is 0 Å². The van der Waals surface area contributed by atoms with Crippen molar-refractivity contribution in [1.29, 1.82) is 0 Å². The van der Waals surface area contributed by atoms with Crippen LogP contribution in [0.2, 0.25) is 5.02 Å². The molecule has 1 aliphatic heterocycles. The van der Waals surface area contributed by atoms with Gasteiger partial charge in [-0.3, -0.25) is 4.79 Å². The molecule has 2 heterocycles. The number of amides is 1. The normalized spacial score (nSPS) is 15.2. The summed E-state index contributed by atoms with van der Waals surface area (Å²) in [7, 11) is -3.74. The third kappa shape index (κ3) is 5.01. The second-order valence-electron chi connectivity index (χ2n) is 7.58. The van der Waals surface area contributed by atoms with E-state index >= 15 is 0 Å². The Morgan fingerprint density at radius 2 is 1.75 bits per heavy atom. The van der Waals surface area contributed by atoms with Gasteiger partial charge in [0, 0.05) is 29.7 Å². The first-order valence-electron chi connectivity index (χ1n) is 10.0. The molecule has 0 aliphatic carbocycles. The zero-order valence-electron chi connectivity index (χ0n) is 17.2. The zero-order valence-corrected chi connectivity index (χ0v) is 19.6. The molecule has 0 bridgehead atoms. The van der Waals surface area contributed by atoms with E-state index in [0.29, 0.717) is 41.5 Å². The van der Waals surface area contributed by atoms with E-state index in [2.05, 4.69) is 9.71 Å². The van der Waals surface area contributed by atoms with Gasteiger partial charge in [0.15, 0.2) is 0 Å². The molecule has 0 radical (unpaired) electrons. The number of piperidine rings is 1. The Labute approximate surface area is 195 Å². The lowest BCUT2D eigenvalue weighted by atomic mass is 10.1. The van der Waals surface area contributed by atoms with Crippen LogP contribution in [0.3, 0.4) is 0 Å². The number of sulfonamides is 1. The maximum absolute atomic E-state index is 13.1. The van der Waals surface area contributed by atoms with E-state index < -0.39 is 15.8 Å². The summed E-state index contributed by atoms with van der Waals surface area (Å²) in [5.74, 6) is -0.589. The van der Waals surface area contributed by atoms with E-state index in [1.165, 1.54) is 23.5 Å². The van der Waals surface area contributed by atoms with Crippen molar-refractivity contribution in [2.45, 2.75) is 30.7 Å². The third-order valence-electron chi connectivity index (χ3n) is 5.31. The maximum Gasteiger partial charge on any atom is 0.265 e. The van der Waals surface area contributed by atoms with Gasteiger partial charge in [-0.15, -0.1) is 11.3 Å². The van der Waals surface area contributed by atoms with Crippen LogP contribution < -0.4 is 4.72 Å². The summed E-state index contributed by atoms with van der Waals surface area (Å²) in [5, 5.41) is 1.39.